The molecule has 8 N–H and O–H groups in total. The summed E-state index contributed by atoms with van der Waals surface area (Å²) in [7, 11) is 0. The zero-order valence-electron chi connectivity index (χ0n) is 15.7. The van der Waals surface area contributed by atoms with Crippen LogP contribution in [-0.4, -0.2) is 24.6 Å². The Morgan fingerprint density at radius 1 is 0.815 bits per heavy atom. The van der Waals surface area contributed by atoms with E-state index in [1.54, 1.807) is 45.0 Å². The van der Waals surface area contributed by atoms with Crippen molar-refractivity contribution in [3.63, 3.8) is 0 Å². The van der Waals surface area contributed by atoms with Crippen molar-refractivity contribution in [3.05, 3.63) is 47.5 Å². The van der Waals surface area contributed by atoms with E-state index in [0.717, 1.165) is 0 Å². The molecule has 0 bridgehead atoms. The van der Waals surface area contributed by atoms with Crippen LogP contribution in [0.5, 0.6) is 0 Å². The Balaban J connectivity index is 0.000000271. The smallest absolute Gasteiger partial charge is 0.338 e. The first-order valence-electron chi connectivity index (χ1n) is 8.33. The summed E-state index contributed by atoms with van der Waals surface area (Å²) < 4.78 is 9.78. The second-order valence-corrected chi connectivity index (χ2v) is 5.86. The molecule has 2 rings (SSSR count). The fraction of sp³-hybridized carbons (Fsp3) is 0.263. The van der Waals surface area contributed by atoms with Gasteiger partial charge in [-0.1, -0.05) is 0 Å². The van der Waals surface area contributed by atoms with Gasteiger partial charge in [-0.3, -0.25) is 0 Å². The number of rotatable bonds is 4. The number of anilines is 4. The molecule has 146 valence electrons. The third-order valence-corrected chi connectivity index (χ3v) is 3.26. The van der Waals surface area contributed by atoms with Crippen molar-refractivity contribution < 1.29 is 19.1 Å². The van der Waals surface area contributed by atoms with E-state index in [9.17, 15) is 9.59 Å². The molecule has 0 amide bonds. The molecule has 8 nitrogen and oxygen atoms in total. The maximum Gasteiger partial charge on any atom is 0.338 e. The third-order valence-electron chi connectivity index (χ3n) is 3.26. The molecule has 0 aromatic heterocycles. The summed E-state index contributed by atoms with van der Waals surface area (Å²) in [6.45, 7) is 5.68. The number of benzene rings is 2. The molecule has 0 heterocycles. The fourth-order valence-electron chi connectivity index (χ4n) is 1.90. The number of hydrogen-bond donors (Lipinski definition) is 4. The second-order valence-electron chi connectivity index (χ2n) is 5.86. The van der Waals surface area contributed by atoms with Gasteiger partial charge in [0.25, 0.3) is 0 Å². The summed E-state index contributed by atoms with van der Waals surface area (Å²) in [5.74, 6) is -0.763. The Hall–Kier alpha value is -3.42. The average Bonchev–Trinajstić information content (AvgIpc) is 2.60. The molecule has 0 saturated heterocycles. The topological polar surface area (TPSA) is 157 Å². The molecule has 2 aromatic rings. The van der Waals surface area contributed by atoms with Crippen molar-refractivity contribution in [2.75, 3.05) is 29.5 Å². The number of esters is 2. The van der Waals surface area contributed by atoms with Gasteiger partial charge in [0.05, 0.1) is 46.6 Å². The minimum absolute atomic E-state index is 0.138. The lowest BCUT2D eigenvalue weighted by Crippen LogP contribution is -2.12. The molecule has 0 aliphatic rings. The van der Waals surface area contributed by atoms with Crippen LogP contribution in [-0.2, 0) is 9.47 Å². The van der Waals surface area contributed by atoms with E-state index in [0.29, 0.717) is 40.5 Å². The van der Waals surface area contributed by atoms with Crippen molar-refractivity contribution in [3.8, 4) is 0 Å². The maximum atomic E-state index is 11.4. The first-order chi connectivity index (χ1) is 12.6. The number of hydrogen-bond acceptors (Lipinski definition) is 8. The first kappa shape index (κ1) is 21.6. The molecule has 0 saturated carbocycles. The number of carbonyl (C=O) groups excluding carboxylic acids is 2. The van der Waals surface area contributed by atoms with Crippen LogP contribution in [0.15, 0.2) is 36.4 Å². The Kier molecular flexibility index (Phi) is 7.93. The highest BCUT2D eigenvalue weighted by Gasteiger charge is 2.10. The van der Waals surface area contributed by atoms with Gasteiger partial charge in [-0.2, -0.15) is 0 Å². The third kappa shape index (κ3) is 6.77. The van der Waals surface area contributed by atoms with Crippen LogP contribution >= 0.6 is 0 Å². The van der Waals surface area contributed by atoms with E-state index < -0.39 is 0 Å². The van der Waals surface area contributed by atoms with Gasteiger partial charge in [0.1, 0.15) is 0 Å². The number of nitrogen functional groups attached to an aromatic ring is 4. The minimum Gasteiger partial charge on any atom is -0.462 e. The molecule has 0 spiro atoms. The molecule has 2 aromatic carbocycles. The lowest BCUT2D eigenvalue weighted by Gasteiger charge is -2.08. The Bertz CT molecular complexity index is 806. The van der Waals surface area contributed by atoms with Crippen LogP contribution in [0.25, 0.3) is 0 Å². The largest absolute Gasteiger partial charge is 0.462 e. The SMILES string of the molecule is CC(C)OC(=O)c1ccc(N)c(N)c1.CCOC(=O)c1ccc(N)c(N)c1. The van der Waals surface area contributed by atoms with Gasteiger partial charge in [0, 0.05) is 0 Å². The minimum atomic E-state index is -0.383. The van der Waals surface area contributed by atoms with Crippen LogP contribution in [0.2, 0.25) is 0 Å². The molecular weight excluding hydrogens is 348 g/mol. The van der Waals surface area contributed by atoms with E-state index in [1.807, 2.05) is 0 Å². The number of nitrogens with two attached hydrogens (primary N) is 4. The van der Waals surface area contributed by atoms with Crippen LogP contribution in [0.4, 0.5) is 22.7 Å². The van der Waals surface area contributed by atoms with Crippen LogP contribution < -0.4 is 22.9 Å². The molecule has 0 aliphatic heterocycles. The summed E-state index contributed by atoms with van der Waals surface area (Å²) in [4.78, 5) is 22.6. The zero-order valence-corrected chi connectivity index (χ0v) is 15.7. The molecular formula is C19H26N4O4. The van der Waals surface area contributed by atoms with E-state index in [2.05, 4.69) is 0 Å². The van der Waals surface area contributed by atoms with Gasteiger partial charge in [-0.05, 0) is 57.2 Å². The van der Waals surface area contributed by atoms with Gasteiger partial charge in [-0.15, -0.1) is 0 Å². The van der Waals surface area contributed by atoms with Crippen LogP contribution in [0.3, 0.4) is 0 Å². The van der Waals surface area contributed by atoms with Gasteiger partial charge in [-0.25, -0.2) is 9.59 Å². The predicted octanol–water partition coefficient (Wildman–Crippen LogP) is 2.44. The highest BCUT2D eigenvalue weighted by atomic mass is 16.5. The monoisotopic (exact) mass is 374 g/mol. The number of carbonyl (C=O) groups is 2. The molecule has 0 unspecified atom stereocenters. The molecule has 27 heavy (non-hydrogen) atoms. The Morgan fingerprint density at radius 2 is 1.26 bits per heavy atom. The highest BCUT2D eigenvalue weighted by molar-refractivity contribution is 5.92. The summed E-state index contributed by atoms with van der Waals surface area (Å²) in [5.41, 5.74) is 24.6. The van der Waals surface area contributed by atoms with Crippen molar-refractivity contribution in [1.29, 1.82) is 0 Å². The highest BCUT2D eigenvalue weighted by Crippen LogP contribution is 2.17. The Labute approximate surface area is 158 Å². The summed E-state index contributed by atoms with van der Waals surface area (Å²) in [6.07, 6.45) is -0.138. The predicted molar refractivity (Wildman–Crippen MR) is 107 cm³/mol. The lowest BCUT2D eigenvalue weighted by atomic mass is 10.2. The lowest BCUT2D eigenvalue weighted by molar-refractivity contribution is 0.0377. The van der Waals surface area contributed by atoms with Crippen molar-refractivity contribution >= 4 is 34.7 Å². The van der Waals surface area contributed by atoms with Gasteiger partial charge in [0.15, 0.2) is 0 Å². The summed E-state index contributed by atoms with van der Waals surface area (Å²) in [6, 6.07) is 9.38. The molecule has 0 fully saturated rings. The molecule has 0 aliphatic carbocycles. The standard InChI is InChI=1S/C10H14N2O2.C9H12N2O2/c1-6(2)14-10(13)7-3-4-8(11)9(12)5-7;1-2-13-9(12)6-3-4-7(10)8(11)5-6/h3-6H,11-12H2,1-2H3;3-5H,2,10-11H2,1H3. The summed E-state index contributed by atoms with van der Waals surface area (Å²) >= 11 is 0. The number of ether oxygens (including phenoxy) is 2. The van der Waals surface area contributed by atoms with Gasteiger partial charge < -0.3 is 32.4 Å². The quantitative estimate of drug-likeness (QED) is 0.469. The van der Waals surface area contributed by atoms with Crippen molar-refractivity contribution in [2.24, 2.45) is 0 Å². The molecule has 0 radical (unpaired) electrons. The fourth-order valence-corrected chi connectivity index (χ4v) is 1.90. The second kappa shape index (κ2) is 9.91. The van der Waals surface area contributed by atoms with E-state index in [4.69, 9.17) is 32.4 Å². The van der Waals surface area contributed by atoms with Gasteiger partial charge >= 0.3 is 11.9 Å². The molecule has 0 atom stereocenters. The van der Waals surface area contributed by atoms with Gasteiger partial charge in [0.2, 0.25) is 0 Å². The normalized spacial score (nSPS) is 9.93. The maximum absolute atomic E-state index is 11.4. The van der Waals surface area contributed by atoms with E-state index in [-0.39, 0.29) is 18.0 Å². The summed E-state index contributed by atoms with van der Waals surface area (Å²) in [5, 5.41) is 0. The van der Waals surface area contributed by atoms with Crippen molar-refractivity contribution in [2.45, 2.75) is 26.9 Å². The molecule has 8 heteroatoms. The zero-order chi connectivity index (χ0) is 20.6. The van der Waals surface area contributed by atoms with Crippen molar-refractivity contribution in [1.82, 2.24) is 0 Å². The van der Waals surface area contributed by atoms with Crippen LogP contribution in [0.1, 0.15) is 41.5 Å². The Morgan fingerprint density at radius 3 is 1.63 bits per heavy atom. The van der Waals surface area contributed by atoms with Crippen LogP contribution in [0, 0.1) is 0 Å². The van der Waals surface area contributed by atoms with E-state index in [1.165, 1.54) is 12.1 Å². The van der Waals surface area contributed by atoms with E-state index >= 15 is 0 Å². The first-order valence-corrected chi connectivity index (χ1v) is 8.33. The average molecular weight is 374 g/mol.